The fourth-order valence-electron chi connectivity index (χ4n) is 2.02. The minimum Gasteiger partial charge on any atom is -0.349 e. The van der Waals surface area contributed by atoms with Crippen molar-refractivity contribution < 1.29 is 0 Å². The molecule has 102 valence electrons. The summed E-state index contributed by atoms with van der Waals surface area (Å²) in [7, 11) is 0. The number of hydrogen-bond donors (Lipinski definition) is 1. The lowest BCUT2D eigenvalue weighted by Gasteiger charge is -2.17. The average molecular weight is 278 g/mol. The highest BCUT2D eigenvalue weighted by molar-refractivity contribution is 6.30. The minimum atomic E-state index is 0.200. The van der Waals surface area contributed by atoms with Crippen molar-refractivity contribution in [2.24, 2.45) is 5.92 Å². The number of halogens is 1. The monoisotopic (exact) mass is 277 g/mol. The van der Waals surface area contributed by atoms with Crippen molar-refractivity contribution >= 4 is 17.5 Å². The second kappa shape index (κ2) is 6.11. The van der Waals surface area contributed by atoms with Gasteiger partial charge in [-0.25, -0.2) is 4.98 Å². The summed E-state index contributed by atoms with van der Waals surface area (Å²) in [6.07, 6.45) is 3.84. The molecule has 1 atom stereocenters. The van der Waals surface area contributed by atoms with E-state index in [1.165, 1.54) is 5.56 Å². The van der Waals surface area contributed by atoms with Crippen molar-refractivity contribution in [3.05, 3.63) is 47.2 Å². The molecule has 0 radical (unpaired) electrons. The largest absolute Gasteiger partial charge is 0.349 e. The molecule has 0 amide bonds. The maximum Gasteiger partial charge on any atom is 0.203 e. The predicted molar refractivity (Wildman–Crippen MR) is 80.6 cm³/mol. The van der Waals surface area contributed by atoms with Crippen LogP contribution in [0, 0.1) is 5.92 Å². The minimum absolute atomic E-state index is 0.200. The van der Waals surface area contributed by atoms with Crippen LogP contribution in [0.25, 0.3) is 0 Å². The molecular weight excluding hydrogens is 258 g/mol. The fourth-order valence-corrected chi connectivity index (χ4v) is 2.14. The van der Waals surface area contributed by atoms with E-state index in [1.54, 1.807) is 0 Å². The summed E-state index contributed by atoms with van der Waals surface area (Å²) in [5.74, 6) is 1.51. The first-order valence-corrected chi connectivity index (χ1v) is 6.97. The molecular formula is C15H20ClN3. The molecule has 4 heteroatoms. The van der Waals surface area contributed by atoms with E-state index < -0.39 is 0 Å². The Kier molecular flexibility index (Phi) is 4.48. The van der Waals surface area contributed by atoms with Gasteiger partial charge in [-0.2, -0.15) is 0 Å². The number of hydrogen-bond acceptors (Lipinski definition) is 2. The molecule has 3 nitrogen and oxygen atoms in total. The smallest absolute Gasteiger partial charge is 0.203 e. The van der Waals surface area contributed by atoms with Gasteiger partial charge in [-0.1, -0.05) is 37.6 Å². The number of nitrogens with zero attached hydrogens (tertiary/aromatic N) is 2. The molecule has 1 aromatic carbocycles. The molecule has 0 saturated carbocycles. The van der Waals surface area contributed by atoms with Crippen molar-refractivity contribution in [1.82, 2.24) is 9.55 Å². The Balaban J connectivity index is 2.08. The van der Waals surface area contributed by atoms with Crippen molar-refractivity contribution in [2.45, 2.75) is 33.4 Å². The molecule has 0 aliphatic rings. The van der Waals surface area contributed by atoms with Crippen LogP contribution in [0.4, 0.5) is 5.95 Å². The Morgan fingerprint density at radius 2 is 1.89 bits per heavy atom. The van der Waals surface area contributed by atoms with Crippen molar-refractivity contribution in [1.29, 1.82) is 0 Å². The van der Waals surface area contributed by atoms with Crippen LogP contribution in [0.1, 0.15) is 32.4 Å². The molecule has 0 saturated heterocycles. The summed E-state index contributed by atoms with van der Waals surface area (Å²) < 4.78 is 2.15. The van der Waals surface area contributed by atoms with Gasteiger partial charge in [0.1, 0.15) is 0 Å². The summed E-state index contributed by atoms with van der Waals surface area (Å²) in [5, 5.41) is 4.20. The Labute approximate surface area is 119 Å². The summed E-state index contributed by atoms with van der Waals surface area (Å²) in [4.78, 5) is 4.38. The molecule has 1 N–H and O–H groups in total. The second-order valence-corrected chi connectivity index (χ2v) is 5.65. The third-order valence-corrected chi connectivity index (χ3v) is 3.24. The standard InChI is InChI=1S/C15H20ClN3/c1-11(2)10-19-9-8-17-15(19)18-12(3)13-4-6-14(16)7-5-13/h4-9,11-12H,10H2,1-3H3,(H,17,18). The van der Waals surface area contributed by atoms with Crippen LogP contribution in [0.15, 0.2) is 36.7 Å². The third-order valence-electron chi connectivity index (χ3n) is 2.99. The molecule has 0 aliphatic heterocycles. The number of imidazole rings is 1. The van der Waals surface area contributed by atoms with E-state index in [0.29, 0.717) is 5.92 Å². The molecule has 19 heavy (non-hydrogen) atoms. The summed E-state index contributed by atoms with van der Waals surface area (Å²) in [6, 6.07) is 8.10. The zero-order valence-corrected chi connectivity index (χ0v) is 12.4. The van der Waals surface area contributed by atoms with E-state index in [-0.39, 0.29) is 6.04 Å². The van der Waals surface area contributed by atoms with Gasteiger partial charge in [-0.3, -0.25) is 0 Å². The molecule has 0 fully saturated rings. The normalized spacial score (nSPS) is 12.7. The molecule has 1 aromatic heterocycles. The average Bonchev–Trinajstić information content (AvgIpc) is 2.76. The number of rotatable bonds is 5. The quantitative estimate of drug-likeness (QED) is 0.880. The number of anilines is 1. The van der Waals surface area contributed by atoms with Crippen LogP contribution in [0.2, 0.25) is 5.02 Å². The lowest BCUT2D eigenvalue weighted by atomic mass is 10.1. The Hall–Kier alpha value is -1.48. The first-order chi connectivity index (χ1) is 9.06. The maximum absolute atomic E-state index is 5.90. The Morgan fingerprint density at radius 1 is 1.21 bits per heavy atom. The number of benzene rings is 1. The van der Waals surface area contributed by atoms with Gasteiger partial charge in [-0.05, 0) is 30.5 Å². The van der Waals surface area contributed by atoms with Crippen LogP contribution >= 0.6 is 11.6 Å². The van der Waals surface area contributed by atoms with Gasteiger partial charge in [0.2, 0.25) is 5.95 Å². The Bertz CT molecular complexity index is 516. The van der Waals surface area contributed by atoms with Gasteiger partial charge in [0, 0.05) is 24.0 Å². The topological polar surface area (TPSA) is 29.9 Å². The van der Waals surface area contributed by atoms with Gasteiger partial charge in [0.25, 0.3) is 0 Å². The third kappa shape index (κ3) is 3.74. The lowest BCUT2D eigenvalue weighted by molar-refractivity contribution is 0.524. The van der Waals surface area contributed by atoms with E-state index in [4.69, 9.17) is 11.6 Å². The predicted octanol–water partition coefficient (Wildman–Crippen LogP) is 4.37. The van der Waals surface area contributed by atoms with Crippen LogP contribution < -0.4 is 5.32 Å². The zero-order valence-electron chi connectivity index (χ0n) is 11.6. The van der Waals surface area contributed by atoms with Gasteiger partial charge in [0.15, 0.2) is 0 Å². The van der Waals surface area contributed by atoms with Gasteiger partial charge in [-0.15, -0.1) is 0 Å². The fraction of sp³-hybridized carbons (Fsp3) is 0.400. The molecule has 2 rings (SSSR count). The van der Waals surface area contributed by atoms with Crippen molar-refractivity contribution in [3.8, 4) is 0 Å². The maximum atomic E-state index is 5.90. The lowest BCUT2D eigenvalue weighted by Crippen LogP contribution is -2.13. The molecule has 0 spiro atoms. The summed E-state index contributed by atoms with van der Waals surface area (Å²) in [5.41, 5.74) is 1.20. The van der Waals surface area contributed by atoms with Gasteiger partial charge < -0.3 is 9.88 Å². The number of nitrogens with one attached hydrogen (secondary N) is 1. The highest BCUT2D eigenvalue weighted by atomic mass is 35.5. The van der Waals surface area contributed by atoms with E-state index in [0.717, 1.165) is 17.5 Å². The first kappa shape index (κ1) is 13.9. The molecule has 2 aromatic rings. The van der Waals surface area contributed by atoms with E-state index in [2.05, 4.69) is 35.6 Å². The SMILES string of the molecule is CC(C)Cn1ccnc1NC(C)c1ccc(Cl)cc1. The van der Waals surface area contributed by atoms with Crippen molar-refractivity contribution in [2.75, 3.05) is 5.32 Å². The van der Waals surface area contributed by atoms with Crippen molar-refractivity contribution in [3.63, 3.8) is 0 Å². The highest BCUT2D eigenvalue weighted by Crippen LogP contribution is 2.20. The van der Waals surface area contributed by atoms with E-state index >= 15 is 0 Å². The van der Waals surface area contributed by atoms with Crippen LogP contribution in [0.5, 0.6) is 0 Å². The van der Waals surface area contributed by atoms with Crippen LogP contribution in [-0.4, -0.2) is 9.55 Å². The molecule has 0 aliphatic carbocycles. The van der Waals surface area contributed by atoms with Gasteiger partial charge in [0.05, 0.1) is 6.04 Å². The summed E-state index contributed by atoms with van der Waals surface area (Å²) >= 11 is 5.90. The molecule has 1 unspecified atom stereocenters. The second-order valence-electron chi connectivity index (χ2n) is 5.21. The first-order valence-electron chi connectivity index (χ1n) is 6.59. The molecule has 1 heterocycles. The molecule has 0 bridgehead atoms. The Morgan fingerprint density at radius 3 is 2.53 bits per heavy atom. The summed E-state index contributed by atoms with van der Waals surface area (Å²) in [6.45, 7) is 7.49. The van der Waals surface area contributed by atoms with Gasteiger partial charge >= 0.3 is 0 Å². The highest BCUT2D eigenvalue weighted by Gasteiger charge is 2.09. The van der Waals surface area contributed by atoms with Crippen LogP contribution in [0.3, 0.4) is 0 Å². The van der Waals surface area contributed by atoms with E-state index in [9.17, 15) is 0 Å². The van der Waals surface area contributed by atoms with E-state index in [1.807, 2.05) is 36.7 Å². The number of aromatic nitrogens is 2. The van der Waals surface area contributed by atoms with Crippen LogP contribution in [-0.2, 0) is 6.54 Å². The zero-order chi connectivity index (χ0) is 13.8.